The van der Waals surface area contributed by atoms with Crippen molar-refractivity contribution in [2.24, 2.45) is 5.41 Å². The Labute approximate surface area is 126 Å². The molecule has 0 spiro atoms. The van der Waals surface area contributed by atoms with Crippen LogP contribution in [-0.2, 0) is 6.54 Å². The summed E-state index contributed by atoms with van der Waals surface area (Å²) < 4.78 is 0. The zero-order valence-corrected chi connectivity index (χ0v) is 13.1. The van der Waals surface area contributed by atoms with Crippen LogP contribution in [0.4, 0.5) is 0 Å². The molecule has 1 fully saturated rings. The quantitative estimate of drug-likeness (QED) is 0.804. The molecule has 1 aromatic carbocycles. The second-order valence-corrected chi connectivity index (χ2v) is 7.39. The largest absolute Gasteiger partial charge is 0.389 e. The van der Waals surface area contributed by atoms with Gasteiger partial charge in [-0.1, -0.05) is 19.9 Å². The van der Waals surface area contributed by atoms with Crippen molar-refractivity contribution in [2.45, 2.75) is 51.7 Å². The number of aromatic amines is 1. The van der Waals surface area contributed by atoms with Crippen LogP contribution in [0.3, 0.4) is 0 Å². The summed E-state index contributed by atoms with van der Waals surface area (Å²) in [6.07, 6.45) is 6.00. The number of hydrogen-bond donors (Lipinski definition) is 3. The van der Waals surface area contributed by atoms with E-state index in [1.807, 2.05) is 6.20 Å². The second-order valence-electron chi connectivity index (χ2n) is 7.39. The molecule has 0 saturated heterocycles. The summed E-state index contributed by atoms with van der Waals surface area (Å²) in [5, 5.41) is 15.3. The molecule has 0 aliphatic heterocycles. The SMILES string of the molecule is CC1(C)CCC(O)(CNCc2ccc3[nH]ccc3c2)CC1. The summed E-state index contributed by atoms with van der Waals surface area (Å²) in [7, 11) is 0. The van der Waals surface area contributed by atoms with Crippen molar-refractivity contribution in [3.63, 3.8) is 0 Å². The fourth-order valence-electron chi connectivity index (χ4n) is 3.22. The fourth-order valence-corrected chi connectivity index (χ4v) is 3.22. The highest BCUT2D eigenvalue weighted by Gasteiger charge is 2.36. The van der Waals surface area contributed by atoms with E-state index in [2.05, 4.69) is 48.4 Å². The molecular formula is C18H26N2O. The lowest BCUT2D eigenvalue weighted by atomic mass is 9.71. The minimum absolute atomic E-state index is 0.394. The first-order chi connectivity index (χ1) is 9.96. The Balaban J connectivity index is 1.53. The van der Waals surface area contributed by atoms with Crippen molar-refractivity contribution in [3.05, 3.63) is 36.0 Å². The molecule has 3 nitrogen and oxygen atoms in total. The van der Waals surface area contributed by atoms with Gasteiger partial charge >= 0.3 is 0 Å². The van der Waals surface area contributed by atoms with Gasteiger partial charge in [-0.05, 0) is 60.2 Å². The maximum absolute atomic E-state index is 10.7. The molecule has 3 heteroatoms. The predicted molar refractivity (Wildman–Crippen MR) is 87.2 cm³/mol. The predicted octanol–water partition coefficient (Wildman–Crippen LogP) is 3.59. The van der Waals surface area contributed by atoms with E-state index in [-0.39, 0.29) is 0 Å². The van der Waals surface area contributed by atoms with Crippen LogP contribution in [0.5, 0.6) is 0 Å². The van der Waals surface area contributed by atoms with Gasteiger partial charge in [0.15, 0.2) is 0 Å². The van der Waals surface area contributed by atoms with Gasteiger partial charge in [0, 0.05) is 24.8 Å². The minimum Gasteiger partial charge on any atom is -0.389 e. The summed E-state index contributed by atoms with van der Waals surface area (Å²) in [4.78, 5) is 3.21. The third-order valence-corrected chi connectivity index (χ3v) is 4.94. The van der Waals surface area contributed by atoms with Crippen molar-refractivity contribution in [1.29, 1.82) is 0 Å². The number of fused-ring (bicyclic) bond motifs is 1. The van der Waals surface area contributed by atoms with Gasteiger partial charge in [0.1, 0.15) is 0 Å². The van der Waals surface area contributed by atoms with Gasteiger partial charge in [-0.15, -0.1) is 0 Å². The zero-order chi connectivity index (χ0) is 14.9. The monoisotopic (exact) mass is 286 g/mol. The van der Waals surface area contributed by atoms with E-state index in [4.69, 9.17) is 0 Å². The molecule has 1 heterocycles. The third kappa shape index (κ3) is 3.47. The molecule has 0 radical (unpaired) electrons. The maximum atomic E-state index is 10.7. The molecule has 1 aliphatic rings. The van der Waals surface area contributed by atoms with Crippen LogP contribution in [-0.4, -0.2) is 22.2 Å². The zero-order valence-electron chi connectivity index (χ0n) is 13.1. The van der Waals surface area contributed by atoms with Crippen molar-refractivity contribution in [1.82, 2.24) is 10.3 Å². The Morgan fingerprint density at radius 1 is 1.14 bits per heavy atom. The van der Waals surface area contributed by atoms with E-state index in [1.54, 1.807) is 0 Å². The number of hydrogen-bond acceptors (Lipinski definition) is 2. The van der Waals surface area contributed by atoms with Crippen LogP contribution < -0.4 is 5.32 Å². The van der Waals surface area contributed by atoms with Crippen LogP contribution in [0.15, 0.2) is 30.5 Å². The van der Waals surface area contributed by atoms with Gasteiger partial charge in [-0.25, -0.2) is 0 Å². The van der Waals surface area contributed by atoms with E-state index < -0.39 is 5.60 Å². The van der Waals surface area contributed by atoms with Gasteiger partial charge in [0.05, 0.1) is 5.60 Å². The summed E-state index contributed by atoms with van der Waals surface area (Å²) in [5.74, 6) is 0. The Hall–Kier alpha value is -1.32. The van der Waals surface area contributed by atoms with Crippen LogP contribution in [0.1, 0.15) is 45.1 Å². The first-order valence-corrected chi connectivity index (χ1v) is 7.95. The molecule has 0 unspecified atom stereocenters. The number of aliphatic hydroxyl groups is 1. The summed E-state index contributed by atoms with van der Waals surface area (Å²) in [5.41, 5.74) is 2.31. The molecule has 1 saturated carbocycles. The summed E-state index contributed by atoms with van der Waals surface area (Å²) in [6.45, 7) is 6.10. The number of benzene rings is 1. The van der Waals surface area contributed by atoms with Crippen molar-refractivity contribution in [2.75, 3.05) is 6.54 Å². The van der Waals surface area contributed by atoms with E-state index in [0.717, 1.165) is 32.2 Å². The highest BCUT2D eigenvalue weighted by atomic mass is 16.3. The lowest BCUT2D eigenvalue weighted by molar-refractivity contribution is -0.0245. The Kier molecular flexibility index (Phi) is 3.80. The molecular weight excluding hydrogens is 260 g/mol. The highest BCUT2D eigenvalue weighted by Crippen LogP contribution is 2.39. The lowest BCUT2D eigenvalue weighted by Crippen LogP contribution is -2.44. The van der Waals surface area contributed by atoms with Gasteiger partial charge in [-0.2, -0.15) is 0 Å². The van der Waals surface area contributed by atoms with Gasteiger partial charge < -0.3 is 15.4 Å². The van der Waals surface area contributed by atoms with Crippen molar-refractivity contribution >= 4 is 10.9 Å². The van der Waals surface area contributed by atoms with E-state index >= 15 is 0 Å². The fraction of sp³-hybridized carbons (Fsp3) is 0.556. The lowest BCUT2D eigenvalue weighted by Gasteiger charge is -2.40. The summed E-state index contributed by atoms with van der Waals surface area (Å²) >= 11 is 0. The van der Waals surface area contributed by atoms with Crippen molar-refractivity contribution < 1.29 is 5.11 Å². The normalized spacial score (nSPS) is 20.7. The molecule has 2 aromatic rings. The van der Waals surface area contributed by atoms with Crippen molar-refractivity contribution in [3.8, 4) is 0 Å². The van der Waals surface area contributed by atoms with Gasteiger partial charge in [-0.3, -0.25) is 0 Å². The molecule has 0 atom stereocenters. The average Bonchev–Trinajstić information content (AvgIpc) is 2.90. The van der Waals surface area contributed by atoms with Gasteiger partial charge in [0.2, 0.25) is 0 Å². The van der Waals surface area contributed by atoms with E-state index in [9.17, 15) is 5.11 Å². The van der Waals surface area contributed by atoms with Crippen LogP contribution in [0, 0.1) is 5.41 Å². The second kappa shape index (κ2) is 5.47. The van der Waals surface area contributed by atoms with Crippen LogP contribution >= 0.6 is 0 Å². The molecule has 0 amide bonds. The smallest absolute Gasteiger partial charge is 0.0772 e. The number of rotatable bonds is 4. The first kappa shape index (κ1) is 14.6. The first-order valence-electron chi connectivity index (χ1n) is 7.95. The maximum Gasteiger partial charge on any atom is 0.0772 e. The average molecular weight is 286 g/mol. The molecule has 114 valence electrons. The Morgan fingerprint density at radius 3 is 2.67 bits per heavy atom. The molecule has 21 heavy (non-hydrogen) atoms. The highest BCUT2D eigenvalue weighted by molar-refractivity contribution is 5.79. The van der Waals surface area contributed by atoms with Crippen LogP contribution in [0.25, 0.3) is 10.9 Å². The molecule has 1 aliphatic carbocycles. The molecule has 3 N–H and O–H groups in total. The minimum atomic E-state index is -0.520. The number of H-pyrrole nitrogens is 1. The Morgan fingerprint density at radius 2 is 1.90 bits per heavy atom. The number of aromatic nitrogens is 1. The van der Waals surface area contributed by atoms with Crippen LogP contribution in [0.2, 0.25) is 0 Å². The third-order valence-electron chi connectivity index (χ3n) is 4.94. The molecule has 1 aromatic heterocycles. The summed E-state index contributed by atoms with van der Waals surface area (Å²) in [6, 6.07) is 8.55. The van der Waals surface area contributed by atoms with Gasteiger partial charge in [0.25, 0.3) is 0 Å². The van der Waals surface area contributed by atoms with E-state index in [0.29, 0.717) is 12.0 Å². The molecule has 3 rings (SSSR count). The standard InChI is InChI=1S/C18H26N2O/c1-17(2)6-8-18(21,9-7-17)13-19-12-14-3-4-16-15(11-14)5-10-20-16/h3-5,10-11,19-21H,6-9,12-13H2,1-2H3. The topological polar surface area (TPSA) is 48.0 Å². The Bertz CT molecular complexity index is 604. The molecule has 0 bridgehead atoms. The number of nitrogens with one attached hydrogen (secondary N) is 2. The van der Waals surface area contributed by atoms with E-state index in [1.165, 1.54) is 16.5 Å².